The summed E-state index contributed by atoms with van der Waals surface area (Å²) in [4.78, 5) is 12.7. The van der Waals surface area contributed by atoms with Crippen molar-refractivity contribution in [2.24, 2.45) is 5.18 Å². The summed E-state index contributed by atoms with van der Waals surface area (Å²) >= 11 is 0. The minimum absolute atomic E-state index is 0.241. The van der Waals surface area contributed by atoms with Crippen LogP contribution in [0.3, 0.4) is 0 Å². The molecule has 0 heterocycles. The fraction of sp³-hybridized carbons (Fsp3) is 0.714. The zero-order valence-electron chi connectivity index (χ0n) is 17.2. The molecule has 0 aromatic heterocycles. The number of benzene rings is 1. The van der Waals surface area contributed by atoms with E-state index in [9.17, 15) is 13.3 Å². The molecule has 0 atom stereocenters. The lowest BCUT2D eigenvalue weighted by atomic mass is 10.1. The van der Waals surface area contributed by atoms with Gasteiger partial charge in [0.1, 0.15) is 5.69 Å². The molecular weight excluding hydrogens is 376 g/mol. The fourth-order valence-electron chi connectivity index (χ4n) is 3.32. The lowest BCUT2D eigenvalue weighted by molar-refractivity contribution is 0.480. The number of nitrogens with zero attached hydrogens (tertiary/aromatic N) is 2. The molecule has 0 saturated heterocycles. The smallest absolute Gasteiger partial charge is 0.264 e. The van der Waals surface area contributed by atoms with E-state index in [4.69, 9.17) is 4.55 Å². The van der Waals surface area contributed by atoms with Crippen LogP contribution in [0.4, 0.5) is 11.4 Å². The van der Waals surface area contributed by atoms with Crippen LogP contribution >= 0.6 is 0 Å². The van der Waals surface area contributed by atoms with Gasteiger partial charge in [-0.2, -0.15) is 8.42 Å². The van der Waals surface area contributed by atoms with Gasteiger partial charge < -0.3 is 4.90 Å². The van der Waals surface area contributed by atoms with Crippen molar-refractivity contribution in [3.63, 3.8) is 0 Å². The Hall–Kier alpha value is -1.47. The van der Waals surface area contributed by atoms with Crippen LogP contribution < -0.4 is 4.90 Å². The molecule has 0 saturated carbocycles. The second-order valence-corrected chi connectivity index (χ2v) is 8.99. The zero-order valence-corrected chi connectivity index (χ0v) is 18.0. The summed E-state index contributed by atoms with van der Waals surface area (Å²) in [7, 11) is -3.94. The summed E-state index contributed by atoms with van der Waals surface area (Å²) in [5.74, 6) is -0.241. The minimum atomic E-state index is -3.94. The van der Waals surface area contributed by atoms with E-state index in [1.54, 1.807) is 12.1 Å². The van der Waals surface area contributed by atoms with Crippen LogP contribution in [0.1, 0.15) is 77.6 Å². The molecule has 0 spiro atoms. The molecule has 28 heavy (non-hydrogen) atoms. The van der Waals surface area contributed by atoms with Gasteiger partial charge in [0.15, 0.2) is 0 Å². The van der Waals surface area contributed by atoms with E-state index in [0.717, 1.165) is 25.1 Å². The maximum atomic E-state index is 11.0. The van der Waals surface area contributed by atoms with Crippen molar-refractivity contribution in [2.45, 2.75) is 77.6 Å². The minimum Gasteiger partial charge on any atom is -0.372 e. The van der Waals surface area contributed by atoms with Gasteiger partial charge in [-0.25, -0.2) is 0 Å². The third kappa shape index (κ3) is 12.1. The first-order valence-corrected chi connectivity index (χ1v) is 12.2. The van der Waals surface area contributed by atoms with Crippen molar-refractivity contribution in [1.82, 2.24) is 0 Å². The maximum absolute atomic E-state index is 11.0. The van der Waals surface area contributed by atoms with Crippen LogP contribution in [0.2, 0.25) is 0 Å². The molecule has 0 aliphatic rings. The van der Waals surface area contributed by atoms with Crippen molar-refractivity contribution in [2.75, 3.05) is 23.7 Å². The fourth-order valence-corrected chi connectivity index (χ4v) is 3.82. The molecule has 0 bridgehead atoms. The Morgan fingerprint density at radius 1 is 0.821 bits per heavy atom. The van der Waals surface area contributed by atoms with E-state index in [1.807, 2.05) is 12.1 Å². The molecule has 0 aliphatic carbocycles. The molecule has 0 amide bonds. The Bertz CT molecular complexity index is 632. The third-order valence-electron chi connectivity index (χ3n) is 4.93. The lowest BCUT2D eigenvalue weighted by Crippen LogP contribution is -2.27. The molecule has 0 fully saturated rings. The Kier molecular flexibility index (Phi) is 12.7. The molecular formula is C21H36N2O4S. The number of rotatable bonds is 17. The van der Waals surface area contributed by atoms with Crippen LogP contribution in [-0.4, -0.2) is 31.8 Å². The summed E-state index contributed by atoms with van der Waals surface area (Å²) in [5.41, 5.74) is 1.32. The summed E-state index contributed by atoms with van der Waals surface area (Å²) < 4.78 is 30.9. The second-order valence-electron chi connectivity index (χ2n) is 7.42. The van der Waals surface area contributed by atoms with Gasteiger partial charge in [-0.1, -0.05) is 64.7 Å². The van der Waals surface area contributed by atoms with E-state index >= 15 is 0 Å². The van der Waals surface area contributed by atoms with Crippen molar-refractivity contribution in [3.8, 4) is 0 Å². The second kappa shape index (κ2) is 14.5. The monoisotopic (exact) mass is 412 g/mol. The Labute approximate surface area is 170 Å². The van der Waals surface area contributed by atoms with Crippen LogP contribution in [-0.2, 0) is 10.1 Å². The summed E-state index contributed by atoms with van der Waals surface area (Å²) in [6.45, 7) is 3.61. The van der Waals surface area contributed by atoms with Gasteiger partial charge in [-0.15, -0.1) is 4.91 Å². The molecule has 0 radical (unpaired) electrons. The summed E-state index contributed by atoms with van der Waals surface area (Å²) in [6, 6.07) is 6.99. The lowest BCUT2D eigenvalue weighted by Gasteiger charge is -2.25. The van der Waals surface area contributed by atoms with E-state index < -0.39 is 10.1 Å². The first-order chi connectivity index (χ1) is 13.5. The van der Waals surface area contributed by atoms with Gasteiger partial charge in [0, 0.05) is 18.8 Å². The van der Waals surface area contributed by atoms with E-state index in [-0.39, 0.29) is 5.75 Å². The Balaban J connectivity index is 2.35. The number of hydrogen-bond donors (Lipinski definition) is 1. The Morgan fingerprint density at radius 2 is 1.32 bits per heavy atom. The topological polar surface area (TPSA) is 87.0 Å². The summed E-state index contributed by atoms with van der Waals surface area (Å²) in [6.07, 6.45) is 13.0. The number of anilines is 1. The van der Waals surface area contributed by atoms with Crippen molar-refractivity contribution in [1.29, 1.82) is 0 Å². The van der Waals surface area contributed by atoms with E-state index in [2.05, 4.69) is 17.0 Å². The standard InChI is InChI=1S/C21H36N2O4S/c1-2-3-4-5-6-7-8-9-10-11-17-23(18-12-19-28(25,26)27)21-15-13-20(22-24)14-16-21/h13-16H,2-12,17-19H2,1H3,(H,25,26,27). The van der Waals surface area contributed by atoms with Gasteiger partial charge in [0.2, 0.25) is 0 Å². The van der Waals surface area contributed by atoms with Gasteiger partial charge in [0.05, 0.1) is 5.75 Å². The molecule has 1 aromatic carbocycles. The summed E-state index contributed by atoms with van der Waals surface area (Å²) in [5, 5.41) is 2.91. The van der Waals surface area contributed by atoms with E-state index in [0.29, 0.717) is 18.7 Å². The average molecular weight is 413 g/mol. The molecule has 1 aromatic rings. The quantitative estimate of drug-likeness (QED) is 0.190. The predicted octanol–water partition coefficient (Wildman–Crippen LogP) is 6.09. The molecule has 0 aliphatic heterocycles. The molecule has 1 rings (SSSR count). The van der Waals surface area contributed by atoms with E-state index in [1.165, 1.54) is 51.4 Å². The van der Waals surface area contributed by atoms with Gasteiger partial charge >= 0.3 is 0 Å². The molecule has 6 nitrogen and oxygen atoms in total. The number of hydrogen-bond acceptors (Lipinski definition) is 5. The first kappa shape index (κ1) is 24.6. The highest BCUT2D eigenvalue weighted by atomic mass is 32.2. The SMILES string of the molecule is CCCCCCCCCCCCN(CCCS(=O)(=O)O)c1ccc(N=O)cc1. The largest absolute Gasteiger partial charge is 0.372 e. The van der Waals surface area contributed by atoms with Crippen LogP contribution in [0.25, 0.3) is 0 Å². The van der Waals surface area contributed by atoms with Gasteiger partial charge in [0.25, 0.3) is 10.1 Å². The van der Waals surface area contributed by atoms with Crippen molar-refractivity contribution >= 4 is 21.5 Å². The van der Waals surface area contributed by atoms with Gasteiger partial charge in [-0.3, -0.25) is 4.55 Å². The molecule has 1 N–H and O–H groups in total. The highest BCUT2D eigenvalue weighted by Crippen LogP contribution is 2.21. The Morgan fingerprint density at radius 3 is 1.82 bits per heavy atom. The number of nitroso groups, excluding NO2 is 1. The highest BCUT2D eigenvalue weighted by Gasteiger charge is 2.10. The molecule has 160 valence electrons. The van der Waals surface area contributed by atoms with Crippen LogP contribution in [0, 0.1) is 4.91 Å². The van der Waals surface area contributed by atoms with Gasteiger partial charge in [-0.05, 0) is 42.3 Å². The normalized spacial score (nSPS) is 11.5. The van der Waals surface area contributed by atoms with Crippen LogP contribution in [0.15, 0.2) is 29.4 Å². The first-order valence-electron chi connectivity index (χ1n) is 10.6. The average Bonchev–Trinajstić information content (AvgIpc) is 2.67. The zero-order chi connectivity index (χ0) is 20.7. The highest BCUT2D eigenvalue weighted by molar-refractivity contribution is 7.85. The molecule has 7 heteroatoms. The molecule has 0 unspecified atom stereocenters. The van der Waals surface area contributed by atoms with Crippen molar-refractivity contribution in [3.05, 3.63) is 29.2 Å². The van der Waals surface area contributed by atoms with Crippen LogP contribution in [0.5, 0.6) is 0 Å². The maximum Gasteiger partial charge on any atom is 0.264 e. The number of unbranched alkanes of at least 4 members (excludes halogenated alkanes) is 9. The third-order valence-corrected chi connectivity index (χ3v) is 5.74. The van der Waals surface area contributed by atoms with Crippen molar-refractivity contribution < 1.29 is 13.0 Å². The predicted molar refractivity (Wildman–Crippen MR) is 117 cm³/mol.